The standard InChI is InChI=1S/C28H31ClF2N4O4/c1-39-27(38)34-12-10-28(11-13-34)21-4-2-3-5-22(21)35(26(28)37)16-17-6-8-19(9-7-17)33-25(36)20-14-18(29)15-32-23(20)24(30)31/h2-5,14-15,17,19,24H,6-13,16H2,1H3,(H,33,36). The number of nitrogens with zero attached hydrogens (tertiary/aromatic N) is 3. The highest BCUT2D eigenvalue weighted by atomic mass is 35.5. The van der Waals surface area contributed by atoms with Crippen LogP contribution in [0.2, 0.25) is 5.02 Å². The van der Waals surface area contributed by atoms with Gasteiger partial charge in [-0.05, 0) is 62.1 Å². The molecule has 1 aromatic heterocycles. The van der Waals surface area contributed by atoms with E-state index in [2.05, 4.69) is 10.3 Å². The summed E-state index contributed by atoms with van der Waals surface area (Å²) in [7, 11) is 1.36. The van der Waals surface area contributed by atoms with Crippen LogP contribution >= 0.6 is 11.6 Å². The number of nitrogens with one attached hydrogen (secondary N) is 1. The first-order chi connectivity index (χ1) is 18.7. The van der Waals surface area contributed by atoms with Crippen LogP contribution in [0.15, 0.2) is 36.5 Å². The molecule has 39 heavy (non-hydrogen) atoms. The maximum Gasteiger partial charge on any atom is 0.409 e. The van der Waals surface area contributed by atoms with Gasteiger partial charge >= 0.3 is 6.09 Å². The minimum atomic E-state index is -2.88. The van der Waals surface area contributed by atoms with E-state index in [9.17, 15) is 23.2 Å². The Hall–Kier alpha value is -3.27. The van der Waals surface area contributed by atoms with Crippen LogP contribution in [0, 0.1) is 5.92 Å². The van der Waals surface area contributed by atoms with Gasteiger partial charge in [-0.15, -0.1) is 0 Å². The molecule has 2 aromatic rings. The molecule has 0 radical (unpaired) electrons. The van der Waals surface area contributed by atoms with Gasteiger partial charge in [0.05, 0.1) is 23.1 Å². The van der Waals surface area contributed by atoms with Crippen molar-refractivity contribution < 1.29 is 27.9 Å². The van der Waals surface area contributed by atoms with Crippen LogP contribution in [0.25, 0.3) is 0 Å². The molecular formula is C28H31ClF2N4O4. The largest absolute Gasteiger partial charge is 0.453 e. The summed E-state index contributed by atoms with van der Waals surface area (Å²) in [6, 6.07) is 8.96. The van der Waals surface area contributed by atoms with E-state index >= 15 is 0 Å². The number of rotatable bonds is 5. The lowest BCUT2D eigenvalue weighted by atomic mass is 9.73. The van der Waals surface area contributed by atoms with Crippen LogP contribution in [0.4, 0.5) is 19.3 Å². The van der Waals surface area contributed by atoms with Crippen molar-refractivity contribution in [2.75, 3.05) is 31.6 Å². The molecule has 1 aromatic carbocycles. The molecule has 0 atom stereocenters. The topological polar surface area (TPSA) is 91.8 Å². The van der Waals surface area contributed by atoms with E-state index < -0.39 is 23.4 Å². The second-order valence-electron chi connectivity index (χ2n) is 10.6. The number of halogens is 3. The van der Waals surface area contributed by atoms with Crippen molar-refractivity contribution >= 4 is 35.2 Å². The third kappa shape index (κ3) is 5.18. The molecule has 0 bridgehead atoms. The molecule has 8 nitrogen and oxygen atoms in total. The Morgan fingerprint density at radius 2 is 1.87 bits per heavy atom. The fraction of sp³-hybridized carbons (Fsp3) is 0.500. The summed E-state index contributed by atoms with van der Waals surface area (Å²) < 4.78 is 31.5. The van der Waals surface area contributed by atoms with Crippen molar-refractivity contribution in [3.63, 3.8) is 0 Å². The predicted molar refractivity (Wildman–Crippen MR) is 141 cm³/mol. The lowest BCUT2D eigenvalue weighted by Crippen LogP contribution is -2.50. The number of amides is 3. The van der Waals surface area contributed by atoms with Gasteiger partial charge < -0.3 is 19.9 Å². The monoisotopic (exact) mass is 560 g/mol. The molecule has 1 spiro atoms. The van der Waals surface area contributed by atoms with E-state index in [4.69, 9.17) is 16.3 Å². The molecule has 3 aliphatic rings. The van der Waals surface area contributed by atoms with E-state index in [1.54, 1.807) is 4.90 Å². The predicted octanol–water partition coefficient (Wildman–Crippen LogP) is 5.11. The smallest absolute Gasteiger partial charge is 0.409 e. The minimum Gasteiger partial charge on any atom is -0.453 e. The molecule has 1 saturated carbocycles. The average Bonchev–Trinajstić information content (AvgIpc) is 3.16. The van der Waals surface area contributed by atoms with Gasteiger partial charge in [-0.3, -0.25) is 14.6 Å². The van der Waals surface area contributed by atoms with Gasteiger partial charge in [-0.25, -0.2) is 13.6 Å². The van der Waals surface area contributed by atoms with Crippen LogP contribution in [0.3, 0.4) is 0 Å². The van der Waals surface area contributed by atoms with Gasteiger partial charge in [0.2, 0.25) is 5.91 Å². The maximum absolute atomic E-state index is 13.9. The third-order valence-electron chi connectivity index (χ3n) is 8.37. The van der Waals surface area contributed by atoms with Crippen molar-refractivity contribution in [3.8, 4) is 0 Å². The summed E-state index contributed by atoms with van der Waals surface area (Å²) in [6.07, 6.45) is 1.88. The number of ether oxygens (including phenoxy) is 1. The zero-order chi connectivity index (χ0) is 27.7. The van der Waals surface area contributed by atoms with E-state index in [1.807, 2.05) is 29.2 Å². The molecule has 5 rings (SSSR count). The first kappa shape index (κ1) is 27.3. The van der Waals surface area contributed by atoms with Crippen LogP contribution in [0.5, 0.6) is 0 Å². The molecule has 208 valence electrons. The highest BCUT2D eigenvalue weighted by molar-refractivity contribution is 6.30. The molecule has 3 heterocycles. The number of hydrogen-bond donors (Lipinski definition) is 1. The Kier molecular flexibility index (Phi) is 7.75. The summed E-state index contributed by atoms with van der Waals surface area (Å²) in [5.41, 5.74) is 0.521. The van der Waals surface area contributed by atoms with Gasteiger partial charge in [0.25, 0.3) is 12.3 Å². The molecule has 1 aliphatic carbocycles. The number of pyridine rings is 1. The number of likely N-dealkylation sites (tertiary alicyclic amines) is 1. The Bertz CT molecular complexity index is 1260. The van der Waals surface area contributed by atoms with E-state index in [0.29, 0.717) is 45.3 Å². The summed E-state index contributed by atoms with van der Waals surface area (Å²) >= 11 is 5.90. The molecule has 3 amide bonds. The molecule has 1 saturated heterocycles. The van der Waals surface area contributed by atoms with Crippen molar-refractivity contribution in [1.29, 1.82) is 0 Å². The van der Waals surface area contributed by atoms with Crippen molar-refractivity contribution in [3.05, 3.63) is 58.4 Å². The number of aromatic nitrogens is 1. The quantitative estimate of drug-likeness (QED) is 0.549. The fourth-order valence-electron chi connectivity index (χ4n) is 6.28. The number of piperidine rings is 1. The number of alkyl halides is 2. The Balaban J connectivity index is 1.22. The van der Waals surface area contributed by atoms with Crippen LogP contribution in [-0.2, 0) is 14.9 Å². The fourth-order valence-corrected chi connectivity index (χ4v) is 6.44. The minimum absolute atomic E-state index is 0.0802. The van der Waals surface area contributed by atoms with Crippen molar-refractivity contribution in [2.45, 2.75) is 56.4 Å². The first-order valence-corrected chi connectivity index (χ1v) is 13.6. The molecule has 0 unspecified atom stereocenters. The van der Waals surface area contributed by atoms with Gasteiger partial charge in [0, 0.05) is 37.6 Å². The van der Waals surface area contributed by atoms with Gasteiger partial charge in [-0.1, -0.05) is 29.8 Å². The van der Waals surface area contributed by atoms with Crippen molar-refractivity contribution in [2.24, 2.45) is 5.92 Å². The Morgan fingerprint density at radius 3 is 2.54 bits per heavy atom. The number of para-hydroxylation sites is 1. The third-order valence-corrected chi connectivity index (χ3v) is 8.58. The normalized spacial score (nSPS) is 22.2. The number of methoxy groups -OCH3 is 1. The highest BCUT2D eigenvalue weighted by Crippen LogP contribution is 2.48. The van der Waals surface area contributed by atoms with Gasteiger partial charge in [0.1, 0.15) is 5.69 Å². The maximum atomic E-state index is 13.9. The average molecular weight is 561 g/mol. The number of fused-ring (bicyclic) bond motifs is 2. The number of benzene rings is 1. The Labute approximate surface area is 230 Å². The van der Waals surface area contributed by atoms with Crippen molar-refractivity contribution in [1.82, 2.24) is 15.2 Å². The molecule has 2 fully saturated rings. The highest BCUT2D eigenvalue weighted by Gasteiger charge is 2.52. The lowest BCUT2D eigenvalue weighted by Gasteiger charge is -2.38. The molecular weight excluding hydrogens is 530 g/mol. The summed E-state index contributed by atoms with van der Waals surface area (Å²) in [5.74, 6) is -0.283. The first-order valence-electron chi connectivity index (χ1n) is 13.2. The van der Waals surface area contributed by atoms with Gasteiger partial charge in [0.15, 0.2) is 0 Å². The summed E-state index contributed by atoms with van der Waals surface area (Å²) in [6.45, 7) is 1.49. The van der Waals surface area contributed by atoms with E-state index in [1.165, 1.54) is 13.2 Å². The second kappa shape index (κ2) is 11.1. The van der Waals surface area contributed by atoms with Crippen LogP contribution in [-0.4, -0.2) is 60.6 Å². The lowest BCUT2D eigenvalue weighted by molar-refractivity contribution is -0.125. The summed E-state index contributed by atoms with van der Waals surface area (Å²) in [4.78, 5) is 45.8. The second-order valence-corrected chi connectivity index (χ2v) is 11.0. The van der Waals surface area contributed by atoms with E-state index in [-0.39, 0.29) is 34.5 Å². The zero-order valence-electron chi connectivity index (χ0n) is 21.7. The zero-order valence-corrected chi connectivity index (χ0v) is 22.4. The van der Waals surface area contributed by atoms with E-state index in [0.717, 1.165) is 30.3 Å². The SMILES string of the molecule is COC(=O)N1CCC2(CC1)C(=O)N(CC1CCC(NC(=O)c3cc(Cl)cnc3C(F)F)CC1)c1ccccc12. The number of carbonyl (C=O) groups is 3. The molecule has 1 N–H and O–H groups in total. The van der Waals surface area contributed by atoms with Crippen LogP contribution in [0.1, 0.15) is 66.6 Å². The van der Waals surface area contributed by atoms with Gasteiger partial charge in [-0.2, -0.15) is 0 Å². The Morgan fingerprint density at radius 1 is 1.18 bits per heavy atom. The number of carbonyl (C=O) groups excluding carboxylic acids is 3. The molecule has 2 aliphatic heterocycles. The summed E-state index contributed by atoms with van der Waals surface area (Å²) in [5, 5.41) is 2.99. The number of hydrogen-bond acceptors (Lipinski definition) is 5. The number of anilines is 1. The molecule has 11 heteroatoms. The van der Waals surface area contributed by atoms with Crippen LogP contribution < -0.4 is 10.2 Å².